The largest absolute Gasteiger partial charge is 0.374 e. The summed E-state index contributed by atoms with van der Waals surface area (Å²) in [5, 5.41) is 6.91. The maximum Gasteiger partial charge on any atom is 0.0824 e. The number of rotatable bonds is 4. The molecule has 0 aromatic rings. The first-order chi connectivity index (χ1) is 7.84. The molecule has 0 bridgehead atoms. The molecule has 0 aromatic carbocycles. The molecular formula is C12H25N3O. The van der Waals surface area contributed by atoms with Crippen molar-refractivity contribution in [2.24, 2.45) is 5.92 Å². The van der Waals surface area contributed by atoms with Gasteiger partial charge < -0.3 is 20.3 Å². The molecule has 94 valence electrons. The van der Waals surface area contributed by atoms with Crippen molar-refractivity contribution in [3.05, 3.63) is 0 Å². The summed E-state index contributed by atoms with van der Waals surface area (Å²) in [6.45, 7) is 7.51. The van der Waals surface area contributed by atoms with Crippen LogP contribution in [0.4, 0.5) is 0 Å². The summed E-state index contributed by atoms with van der Waals surface area (Å²) in [5.41, 5.74) is 0. The van der Waals surface area contributed by atoms with Gasteiger partial charge in [-0.3, -0.25) is 0 Å². The molecule has 0 radical (unpaired) electrons. The van der Waals surface area contributed by atoms with Crippen molar-refractivity contribution in [2.45, 2.75) is 18.9 Å². The van der Waals surface area contributed by atoms with Gasteiger partial charge in [0.05, 0.1) is 12.7 Å². The Hall–Kier alpha value is -0.160. The second-order valence-electron chi connectivity index (χ2n) is 5.13. The van der Waals surface area contributed by atoms with Crippen LogP contribution in [0, 0.1) is 5.92 Å². The second-order valence-corrected chi connectivity index (χ2v) is 5.13. The molecular weight excluding hydrogens is 202 g/mol. The number of nitrogens with zero attached hydrogens (tertiary/aromatic N) is 1. The lowest BCUT2D eigenvalue weighted by atomic mass is 9.98. The molecule has 2 heterocycles. The van der Waals surface area contributed by atoms with Crippen molar-refractivity contribution in [1.29, 1.82) is 0 Å². The predicted octanol–water partition coefficient (Wildman–Crippen LogP) is -0.0938. The first kappa shape index (κ1) is 12.3. The minimum Gasteiger partial charge on any atom is -0.374 e. The summed E-state index contributed by atoms with van der Waals surface area (Å²) in [6, 6.07) is 0. The third-order valence-corrected chi connectivity index (χ3v) is 3.53. The Morgan fingerprint density at radius 1 is 1.44 bits per heavy atom. The van der Waals surface area contributed by atoms with Crippen LogP contribution in [0.1, 0.15) is 12.8 Å². The second kappa shape index (κ2) is 6.55. The first-order valence-electron chi connectivity index (χ1n) is 6.56. The summed E-state index contributed by atoms with van der Waals surface area (Å²) in [7, 11) is 2.22. The molecule has 0 aliphatic carbocycles. The highest BCUT2D eigenvalue weighted by Gasteiger charge is 2.18. The number of nitrogens with one attached hydrogen (secondary N) is 2. The van der Waals surface area contributed by atoms with E-state index in [2.05, 4.69) is 22.6 Å². The van der Waals surface area contributed by atoms with Gasteiger partial charge in [-0.1, -0.05) is 0 Å². The Morgan fingerprint density at radius 2 is 2.38 bits per heavy atom. The molecule has 0 spiro atoms. The lowest BCUT2D eigenvalue weighted by Crippen LogP contribution is -2.45. The Bertz CT molecular complexity index is 195. The van der Waals surface area contributed by atoms with E-state index in [1.807, 2.05) is 0 Å². The van der Waals surface area contributed by atoms with Crippen LogP contribution in [-0.4, -0.2) is 63.9 Å². The van der Waals surface area contributed by atoms with Gasteiger partial charge in [-0.25, -0.2) is 0 Å². The van der Waals surface area contributed by atoms with Crippen molar-refractivity contribution < 1.29 is 4.74 Å². The van der Waals surface area contributed by atoms with E-state index >= 15 is 0 Å². The van der Waals surface area contributed by atoms with E-state index in [1.54, 1.807) is 0 Å². The molecule has 0 amide bonds. The SMILES string of the molecule is CN1CCCC(CNCC2CNCCO2)C1. The summed E-state index contributed by atoms with van der Waals surface area (Å²) in [4.78, 5) is 2.44. The van der Waals surface area contributed by atoms with Crippen LogP contribution in [0.2, 0.25) is 0 Å². The molecule has 0 saturated carbocycles. The number of hydrogen-bond donors (Lipinski definition) is 2. The Balaban J connectivity index is 1.56. The quantitative estimate of drug-likeness (QED) is 0.703. The molecule has 2 aliphatic rings. The van der Waals surface area contributed by atoms with Gasteiger partial charge in [-0.05, 0) is 38.9 Å². The van der Waals surface area contributed by atoms with Crippen LogP contribution < -0.4 is 10.6 Å². The normalized spacial score (nSPS) is 32.8. The predicted molar refractivity (Wildman–Crippen MR) is 65.7 cm³/mol. The van der Waals surface area contributed by atoms with Crippen molar-refractivity contribution in [2.75, 3.05) is 52.9 Å². The molecule has 2 N–H and O–H groups in total. The molecule has 2 saturated heterocycles. The third kappa shape index (κ3) is 4.01. The van der Waals surface area contributed by atoms with Gasteiger partial charge >= 0.3 is 0 Å². The van der Waals surface area contributed by atoms with Crippen molar-refractivity contribution in [1.82, 2.24) is 15.5 Å². The van der Waals surface area contributed by atoms with Crippen molar-refractivity contribution in [3.8, 4) is 0 Å². The molecule has 2 rings (SSSR count). The van der Waals surface area contributed by atoms with E-state index in [0.717, 1.165) is 38.7 Å². The molecule has 2 fully saturated rings. The zero-order valence-electron chi connectivity index (χ0n) is 10.4. The van der Waals surface area contributed by atoms with Gasteiger partial charge in [0.25, 0.3) is 0 Å². The zero-order valence-corrected chi connectivity index (χ0v) is 10.4. The highest BCUT2D eigenvalue weighted by molar-refractivity contribution is 4.75. The number of piperidine rings is 1. The van der Waals surface area contributed by atoms with E-state index < -0.39 is 0 Å². The van der Waals surface area contributed by atoms with Gasteiger partial charge in [0.2, 0.25) is 0 Å². The minimum atomic E-state index is 0.370. The van der Waals surface area contributed by atoms with Gasteiger partial charge in [-0.15, -0.1) is 0 Å². The van der Waals surface area contributed by atoms with E-state index in [0.29, 0.717) is 6.10 Å². The van der Waals surface area contributed by atoms with Gasteiger partial charge in [0.15, 0.2) is 0 Å². The fraction of sp³-hybridized carbons (Fsp3) is 1.00. The monoisotopic (exact) mass is 227 g/mol. The lowest BCUT2D eigenvalue weighted by Gasteiger charge is -2.30. The van der Waals surface area contributed by atoms with Crippen LogP contribution in [0.5, 0.6) is 0 Å². The maximum atomic E-state index is 5.65. The molecule has 2 atom stereocenters. The molecule has 0 aromatic heterocycles. The number of likely N-dealkylation sites (tertiary alicyclic amines) is 1. The van der Waals surface area contributed by atoms with Gasteiger partial charge in [0, 0.05) is 26.2 Å². The van der Waals surface area contributed by atoms with Crippen LogP contribution in [-0.2, 0) is 4.74 Å². The summed E-state index contributed by atoms with van der Waals surface area (Å²) < 4.78 is 5.65. The topological polar surface area (TPSA) is 36.5 Å². The van der Waals surface area contributed by atoms with E-state index in [-0.39, 0.29) is 0 Å². The van der Waals surface area contributed by atoms with E-state index in [9.17, 15) is 0 Å². The Labute approximate surface area is 98.7 Å². The minimum absolute atomic E-state index is 0.370. The summed E-state index contributed by atoms with van der Waals surface area (Å²) in [6.07, 6.45) is 3.10. The molecule has 4 heteroatoms. The molecule has 16 heavy (non-hydrogen) atoms. The molecule has 2 aliphatic heterocycles. The average Bonchev–Trinajstić information content (AvgIpc) is 2.30. The fourth-order valence-corrected chi connectivity index (χ4v) is 2.64. The van der Waals surface area contributed by atoms with Crippen molar-refractivity contribution in [3.63, 3.8) is 0 Å². The standard InChI is InChI=1S/C12H25N3O/c1-15-5-2-3-11(10-15)7-14-9-12-8-13-4-6-16-12/h11-14H,2-10H2,1H3. The first-order valence-corrected chi connectivity index (χ1v) is 6.56. The number of hydrogen-bond acceptors (Lipinski definition) is 4. The highest BCUT2D eigenvalue weighted by atomic mass is 16.5. The van der Waals surface area contributed by atoms with Crippen molar-refractivity contribution >= 4 is 0 Å². The third-order valence-electron chi connectivity index (χ3n) is 3.53. The van der Waals surface area contributed by atoms with E-state index in [4.69, 9.17) is 4.74 Å². The van der Waals surface area contributed by atoms with Crippen LogP contribution in [0.15, 0.2) is 0 Å². The van der Waals surface area contributed by atoms with Crippen LogP contribution >= 0.6 is 0 Å². The van der Waals surface area contributed by atoms with Gasteiger partial charge in [-0.2, -0.15) is 0 Å². The Kier molecular flexibility index (Phi) is 5.03. The van der Waals surface area contributed by atoms with Crippen LogP contribution in [0.3, 0.4) is 0 Å². The Morgan fingerprint density at radius 3 is 3.12 bits per heavy atom. The van der Waals surface area contributed by atoms with Crippen LogP contribution in [0.25, 0.3) is 0 Å². The highest BCUT2D eigenvalue weighted by Crippen LogP contribution is 2.13. The smallest absolute Gasteiger partial charge is 0.0824 e. The van der Waals surface area contributed by atoms with E-state index in [1.165, 1.54) is 25.9 Å². The maximum absolute atomic E-state index is 5.65. The molecule has 2 unspecified atom stereocenters. The number of ether oxygens (including phenoxy) is 1. The average molecular weight is 227 g/mol. The number of morpholine rings is 1. The fourth-order valence-electron chi connectivity index (χ4n) is 2.64. The molecule has 4 nitrogen and oxygen atoms in total. The van der Waals surface area contributed by atoms with Gasteiger partial charge in [0.1, 0.15) is 0 Å². The lowest BCUT2D eigenvalue weighted by molar-refractivity contribution is 0.0282. The summed E-state index contributed by atoms with van der Waals surface area (Å²) in [5.74, 6) is 0.829. The zero-order chi connectivity index (χ0) is 11.2. The summed E-state index contributed by atoms with van der Waals surface area (Å²) >= 11 is 0.